The van der Waals surface area contributed by atoms with Crippen LogP contribution in [0.25, 0.3) is 33.3 Å². The number of nitrogens with zero attached hydrogens (tertiary/aromatic N) is 1. The molecule has 0 aliphatic heterocycles. The molecule has 3 amide bonds. The summed E-state index contributed by atoms with van der Waals surface area (Å²) in [5.41, 5.74) is 9.20. The fraction of sp³-hybridized carbons (Fsp3) is 0.111. The predicted octanol–water partition coefficient (Wildman–Crippen LogP) is 3.61. The van der Waals surface area contributed by atoms with Gasteiger partial charge in [-0.25, -0.2) is 4.98 Å². The van der Waals surface area contributed by atoms with Crippen molar-refractivity contribution >= 4 is 28.6 Å². The van der Waals surface area contributed by atoms with Crippen LogP contribution >= 0.6 is 0 Å². The van der Waals surface area contributed by atoms with E-state index in [1.54, 1.807) is 12.1 Å². The average molecular weight is 450 g/mol. The third-order valence-electron chi connectivity index (χ3n) is 5.66. The van der Waals surface area contributed by atoms with Crippen molar-refractivity contribution in [1.82, 2.24) is 21.2 Å². The van der Waals surface area contributed by atoms with Crippen molar-refractivity contribution in [2.45, 2.75) is 18.9 Å². The van der Waals surface area contributed by atoms with Crippen molar-refractivity contribution < 1.29 is 14.4 Å². The first-order valence-electron chi connectivity index (χ1n) is 11.1. The molecule has 0 atom stereocenters. The largest absolute Gasteiger partial charge is 0.345 e. The van der Waals surface area contributed by atoms with Crippen molar-refractivity contribution in [3.05, 3.63) is 90.5 Å². The van der Waals surface area contributed by atoms with E-state index >= 15 is 0 Å². The zero-order valence-electron chi connectivity index (χ0n) is 18.2. The number of benzene rings is 3. The number of hydrogen-bond donors (Lipinski definition) is 3. The van der Waals surface area contributed by atoms with Crippen LogP contribution in [0.5, 0.6) is 0 Å². The molecule has 3 N–H and O–H groups in total. The first-order chi connectivity index (χ1) is 16.6. The number of rotatable bonds is 4. The number of pyridine rings is 1. The molecule has 1 saturated carbocycles. The molecule has 0 unspecified atom stereocenters. The number of hydrazine groups is 1. The summed E-state index contributed by atoms with van der Waals surface area (Å²) in [6.07, 6.45) is 1.73. The third-order valence-corrected chi connectivity index (χ3v) is 5.66. The Hall–Kier alpha value is -4.52. The minimum Gasteiger partial charge on any atom is -0.345 e. The monoisotopic (exact) mass is 450 g/mol. The molecule has 0 saturated heterocycles. The van der Waals surface area contributed by atoms with Gasteiger partial charge < -0.3 is 5.32 Å². The second-order valence-electron chi connectivity index (χ2n) is 8.17. The summed E-state index contributed by atoms with van der Waals surface area (Å²) in [4.78, 5) is 41.5. The number of para-hydroxylation sites is 1. The summed E-state index contributed by atoms with van der Waals surface area (Å²) in [6, 6.07) is 27.0. The number of carbonyl (C=O) groups is 3. The lowest BCUT2D eigenvalue weighted by molar-refractivity contribution is -0.139. The minimum atomic E-state index is -0.907. The smallest absolute Gasteiger partial charge is 0.327 e. The maximum atomic E-state index is 13.0. The quantitative estimate of drug-likeness (QED) is 0.327. The van der Waals surface area contributed by atoms with Gasteiger partial charge in [0, 0.05) is 17.0 Å². The SMILES string of the molecule is O=C(NNC(=O)c1cc(-c2ccc(-c3ccccc3)cc2)nc2ccccc12)C(=O)NC1CC1. The molecule has 5 rings (SSSR count). The van der Waals surface area contributed by atoms with Crippen LogP contribution in [-0.4, -0.2) is 28.7 Å². The van der Waals surface area contributed by atoms with E-state index in [1.807, 2.05) is 72.8 Å². The zero-order chi connectivity index (χ0) is 23.5. The van der Waals surface area contributed by atoms with Gasteiger partial charge >= 0.3 is 11.8 Å². The standard InChI is InChI=1S/C27H22N4O3/c32-25(30-31-27(34)26(33)28-20-14-15-20)22-16-24(29-23-9-5-4-8-21(22)23)19-12-10-18(11-13-19)17-6-2-1-3-7-17/h1-13,16,20H,14-15H2,(H,28,33)(H,30,32)(H,31,34). The van der Waals surface area contributed by atoms with Crippen LogP contribution in [0.4, 0.5) is 0 Å². The summed E-state index contributed by atoms with van der Waals surface area (Å²) in [5, 5.41) is 3.22. The molecule has 0 spiro atoms. The highest BCUT2D eigenvalue weighted by atomic mass is 16.2. The molecule has 3 aromatic carbocycles. The Morgan fingerprint density at radius 3 is 2.09 bits per heavy atom. The van der Waals surface area contributed by atoms with E-state index in [0.29, 0.717) is 22.2 Å². The third kappa shape index (κ3) is 4.63. The maximum Gasteiger partial charge on any atom is 0.327 e. The van der Waals surface area contributed by atoms with Gasteiger partial charge in [0.1, 0.15) is 0 Å². The van der Waals surface area contributed by atoms with Crippen LogP contribution in [0.3, 0.4) is 0 Å². The van der Waals surface area contributed by atoms with Gasteiger partial charge in [-0.05, 0) is 36.1 Å². The Labute approximate surface area is 196 Å². The van der Waals surface area contributed by atoms with Gasteiger partial charge in [-0.15, -0.1) is 0 Å². The van der Waals surface area contributed by atoms with E-state index < -0.39 is 17.7 Å². The fourth-order valence-corrected chi connectivity index (χ4v) is 3.69. The van der Waals surface area contributed by atoms with Crippen LogP contribution in [0, 0.1) is 0 Å². The lowest BCUT2D eigenvalue weighted by Crippen LogP contribution is -2.49. The molecule has 1 heterocycles. The van der Waals surface area contributed by atoms with Crippen LogP contribution in [0.2, 0.25) is 0 Å². The van der Waals surface area contributed by atoms with Gasteiger partial charge in [0.05, 0.1) is 16.8 Å². The molecule has 34 heavy (non-hydrogen) atoms. The second kappa shape index (κ2) is 9.15. The highest BCUT2D eigenvalue weighted by Gasteiger charge is 2.26. The summed E-state index contributed by atoms with van der Waals surface area (Å²) in [6.45, 7) is 0. The number of aromatic nitrogens is 1. The lowest BCUT2D eigenvalue weighted by atomic mass is 10.0. The Morgan fingerprint density at radius 1 is 0.706 bits per heavy atom. The number of nitrogens with one attached hydrogen (secondary N) is 3. The number of fused-ring (bicyclic) bond motifs is 1. The van der Waals surface area contributed by atoms with Crippen molar-refractivity contribution in [2.24, 2.45) is 0 Å². The molecule has 168 valence electrons. The highest BCUT2D eigenvalue weighted by Crippen LogP contribution is 2.27. The second-order valence-corrected chi connectivity index (χ2v) is 8.17. The molecule has 1 aliphatic carbocycles. The molecule has 7 heteroatoms. The average Bonchev–Trinajstić information content (AvgIpc) is 3.71. The van der Waals surface area contributed by atoms with E-state index in [1.165, 1.54) is 0 Å². The minimum absolute atomic E-state index is 0.0499. The van der Waals surface area contributed by atoms with Gasteiger partial charge in [-0.3, -0.25) is 25.2 Å². The topological polar surface area (TPSA) is 100 Å². The van der Waals surface area contributed by atoms with Gasteiger partial charge in [0.25, 0.3) is 5.91 Å². The summed E-state index contributed by atoms with van der Waals surface area (Å²) >= 11 is 0. The molecule has 0 bridgehead atoms. The first kappa shape index (κ1) is 21.3. The van der Waals surface area contributed by atoms with E-state index in [-0.39, 0.29) is 6.04 Å². The van der Waals surface area contributed by atoms with Crippen molar-refractivity contribution in [2.75, 3.05) is 0 Å². The summed E-state index contributed by atoms with van der Waals surface area (Å²) < 4.78 is 0. The highest BCUT2D eigenvalue weighted by molar-refractivity contribution is 6.35. The van der Waals surface area contributed by atoms with E-state index in [0.717, 1.165) is 29.5 Å². The van der Waals surface area contributed by atoms with Crippen LogP contribution < -0.4 is 16.2 Å². The number of carbonyl (C=O) groups excluding carboxylic acids is 3. The van der Waals surface area contributed by atoms with Crippen LogP contribution in [-0.2, 0) is 9.59 Å². The molecular formula is C27H22N4O3. The Bertz CT molecular complexity index is 1380. The summed E-state index contributed by atoms with van der Waals surface area (Å²) in [7, 11) is 0. The normalized spacial score (nSPS) is 12.7. The molecular weight excluding hydrogens is 428 g/mol. The molecule has 4 aromatic rings. The van der Waals surface area contributed by atoms with Crippen LogP contribution in [0.15, 0.2) is 84.9 Å². The van der Waals surface area contributed by atoms with Crippen molar-refractivity contribution in [1.29, 1.82) is 0 Å². The van der Waals surface area contributed by atoms with E-state index in [4.69, 9.17) is 4.98 Å². The summed E-state index contributed by atoms with van der Waals surface area (Å²) in [5.74, 6) is -2.20. The molecule has 1 fully saturated rings. The van der Waals surface area contributed by atoms with E-state index in [2.05, 4.69) is 16.2 Å². The molecule has 7 nitrogen and oxygen atoms in total. The van der Waals surface area contributed by atoms with E-state index in [9.17, 15) is 14.4 Å². The fourth-order valence-electron chi connectivity index (χ4n) is 3.69. The van der Waals surface area contributed by atoms with Gasteiger partial charge in [0.15, 0.2) is 0 Å². The number of hydrogen-bond acceptors (Lipinski definition) is 4. The first-order valence-corrected chi connectivity index (χ1v) is 11.1. The zero-order valence-corrected chi connectivity index (χ0v) is 18.2. The maximum absolute atomic E-state index is 13.0. The Balaban J connectivity index is 1.40. The molecule has 1 aliphatic rings. The predicted molar refractivity (Wildman–Crippen MR) is 129 cm³/mol. The van der Waals surface area contributed by atoms with Gasteiger partial charge in [0.2, 0.25) is 0 Å². The van der Waals surface area contributed by atoms with Crippen LogP contribution in [0.1, 0.15) is 23.2 Å². The van der Waals surface area contributed by atoms with Gasteiger partial charge in [-0.2, -0.15) is 0 Å². The number of amides is 3. The Morgan fingerprint density at radius 2 is 1.35 bits per heavy atom. The van der Waals surface area contributed by atoms with Crippen molar-refractivity contribution in [3.63, 3.8) is 0 Å². The Kier molecular flexibility index (Phi) is 5.74. The molecule has 0 radical (unpaired) electrons. The molecule has 1 aromatic heterocycles. The van der Waals surface area contributed by atoms with Gasteiger partial charge in [-0.1, -0.05) is 72.8 Å². The lowest BCUT2D eigenvalue weighted by Gasteiger charge is -2.12. The van der Waals surface area contributed by atoms with Crippen molar-refractivity contribution in [3.8, 4) is 22.4 Å².